The largest absolute Gasteiger partial charge is 0.377 e. The number of rotatable bonds is 3. The van der Waals surface area contributed by atoms with Gasteiger partial charge in [-0.15, -0.1) is 0 Å². The van der Waals surface area contributed by atoms with Gasteiger partial charge in [-0.05, 0) is 43.1 Å². The van der Waals surface area contributed by atoms with Crippen LogP contribution in [0.2, 0.25) is 0 Å². The van der Waals surface area contributed by atoms with Gasteiger partial charge in [-0.3, -0.25) is 4.18 Å². The van der Waals surface area contributed by atoms with E-state index in [1.165, 1.54) is 5.57 Å². The predicted octanol–water partition coefficient (Wildman–Crippen LogP) is 3.30. The first-order valence-corrected chi connectivity index (χ1v) is 9.62. The summed E-state index contributed by atoms with van der Waals surface area (Å²) in [5.41, 5.74) is 2.25. The Morgan fingerprint density at radius 3 is 2.55 bits per heavy atom. The summed E-state index contributed by atoms with van der Waals surface area (Å²) in [6.07, 6.45) is 5.31. The molecular formula is C17H28O4S. The van der Waals surface area contributed by atoms with Crippen LogP contribution in [0.15, 0.2) is 23.8 Å². The van der Waals surface area contributed by atoms with Gasteiger partial charge < -0.3 is 4.74 Å². The van der Waals surface area contributed by atoms with Crippen LogP contribution in [-0.2, 0) is 19.0 Å². The van der Waals surface area contributed by atoms with E-state index < -0.39 is 10.1 Å². The molecule has 2 aliphatic carbocycles. The predicted molar refractivity (Wildman–Crippen MR) is 88.0 cm³/mol. The number of hydrogen-bond donors (Lipinski definition) is 0. The fourth-order valence-electron chi connectivity index (χ4n) is 4.33. The topological polar surface area (TPSA) is 52.6 Å². The first kappa shape index (κ1) is 17.7. The van der Waals surface area contributed by atoms with Crippen molar-refractivity contribution in [3.05, 3.63) is 23.8 Å². The maximum atomic E-state index is 11.5. The lowest BCUT2D eigenvalue weighted by molar-refractivity contribution is -0.0155. The van der Waals surface area contributed by atoms with Crippen LogP contribution < -0.4 is 0 Å². The Morgan fingerprint density at radius 2 is 2.00 bits per heavy atom. The molecule has 0 N–H and O–H groups in total. The second-order valence-electron chi connectivity index (χ2n) is 7.45. The molecule has 2 aliphatic rings. The van der Waals surface area contributed by atoms with E-state index in [9.17, 15) is 8.42 Å². The fourth-order valence-corrected chi connectivity index (χ4v) is 4.96. The van der Waals surface area contributed by atoms with Crippen molar-refractivity contribution in [1.82, 2.24) is 0 Å². The molecular weight excluding hydrogens is 300 g/mol. The van der Waals surface area contributed by atoms with Crippen molar-refractivity contribution in [2.75, 3.05) is 13.4 Å². The molecule has 1 fully saturated rings. The Morgan fingerprint density at radius 1 is 1.36 bits per heavy atom. The van der Waals surface area contributed by atoms with Gasteiger partial charge >= 0.3 is 0 Å². The summed E-state index contributed by atoms with van der Waals surface area (Å²) >= 11 is 0. The molecule has 0 aromatic heterocycles. The number of allylic oxidation sites excluding steroid dienone is 1. The van der Waals surface area contributed by atoms with Crippen molar-refractivity contribution in [3.63, 3.8) is 0 Å². The van der Waals surface area contributed by atoms with Crippen molar-refractivity contribution in [3.8, 4) is 0 Å². The van der Waals surface area contributed by atoms with E-state index in [4.69, 9.17) is 8.92 Å². The lowest BCUT2D eigenvalue weighted by atomic mass is 9.63. The molecule has 5 heteroatoms. The lowest BCUT2D eigenvalue weighted by Crippen LogP contribution is -2.43. The Labute approximate surface area is 134 Å². The number of hydrogen-bond acceptors (Lipinski definition) is 4. The zero-order chi connectivity index (χ0) is 16.7. The van der Waals surface area contributed by atoms with Crippen LogP contribution in [-0.4, -0.2) is 34.0 Å². The highest BCUT2D eigenvalue weighted by Gasteiger charge is 2.48. The van der Waals surface area contributed by atoms with Gasteiger partial charge in [0.15, 0.2) is 0 Å². The first-order chi connectivity index (χ1) is 10.0. The molecule has 0 aromatic carbocycles. The van der Waals surface area contributed by atoms with Crippen molar-refractivity contribution in [2.24, 2.45) is 17.3 Å². The molecule has 0 aliphatic heterocycles. The molecule has 22 heavy (non-hydrogen) atoms. The third-order valence-corrected chi connectivity index (χ3v) is 5.76. The molecule has 0 radical (unpaired) electrons. The molecule has 0 amide bonds. The third-order valence-electron chi connectivity index (χ3n) is 5.14. The minimum absolute atomic E-state index is 0.0579. The maximum absolute atomic E-state index is 11.5. The number of fused-ring (bicyclic) bond motifs is 1. The number of methoxy groups -OCH3 is 1. The van der Waals surface area contributed by atoms with Gasteiger partial charge in [0.2, 0.25) is 0 Å². The van der Waals surface area contributed by atoms with E-state index in [-0.39, 0.29) is 17.6 Å². The fraction of sp³-hybridized carbons (Fsp3) is 0.765. The monoisotopic (exact) mass is 328 g/mol. The van der Waals surface area contributed by atoms with Crippen LogP contribution in [0, 0.1) is 17.3 Å². The van der Waals surface area contributed by atoms with Crippen LogP contribution in [0.5, 0.6) is 0 Å². The summed E-state index contributed by atoms with van der Waals surface area (Å²) < 4.78 is 34.2. The van der Waals surface area contributed by atoms with E-state index in [0.717, 1.165) is 18.2 Å². The first-order valence-electron chi connectivity index (χ1n) is 7.80. The van der Waals surface area contributed by atoms with Crippen molar-refractivity contribution in [2.45, 2.75) is 52.2 Å². The molecule has 126 valence electrons. The molecule has 4 atom stereocenters. The van der Waals surface area contributed by atoms with Gasteiger partial charge in [0, 0.05) is 13.0 Å². The Hall–Kier alpha value is -0.650. The summed E-state index contributed by atoms with van der Waals surface area (Å²) in [4.78, 5) is 0. The minimum Gasteiger partial charge on any atom is -0.377 e. The SMILES string of the molecule is C=C1CC(OS(C)(=O)=O)CC(C)(C)[C@H]2[C@H]1CC=C(C)[C@@H]2OC. The maximum Gasteiger partial charge on any atom is 0.264 e. The van der Waals surface area contributed by atoms with Crippen molar-refractivity contribution >= 4 is 10.1 Å². The second kappa shape index (κ2) is 6.10. The van der Waals surface area contributed by atoms with Gasteiger partial charge in [-0.1, -0.05) is 32.1 Å². The highest BCUT2D eigenvalue weighted by molar-refractivity contribution is 7.86. The van der Waals surface area contributed by atoms with Crippen molar-refractivity contribution < 1.29 is 17.3 Å². The van der Waals surface area contributed by atoms with E-state index in [1.54, 1.807) is 7.11 Å². The Balaban J connectivity index is 2.37. The van der Waals surface area contributed by atoms with Crippen LogP contribution >= 0.6 is 0 Å². The van der Waals surface area contributed by atoms with Crippen LogP contribution in [0.25, 0.3) is 0 Å². The smallest absolute Gasteiger partial charge is 0.264 e. The van der Waals surface area contributed by atoms with E-state index in [0.29, 0.717) is 24.7 Å². The van der Waals surface area contributed by atoms with Crippen LogP contribution in [0.1, 0.15) is 40.0 Å². The highest BCUT2D eigenvalue weighted by Crippen LogP contribution is 2.51. The highest BCUT2D eigenvalue weighted by atomic mass is 32.2. The van der Waals surface area contributed by atoms with E-state index in [1.807, 2.05) is 0 Å². The summed E-state index contributed by atoms with van der Waals surface area (Å²) in [7, 11) is -1.71. The molecule has 0 saturated heterocycles. The molecule has 1 saturated carbocycles. The van der Waals surface area contributed by atoms with Gasteiger partial charge in [-0.2, -0.15) is 8.42 Å². The van der Waals surface area contributed by atoms with E-state index >= 15 is 0 Å². The molecule has 4 nitrogen and oxygen atoms in total. The van der Waals surface area contributed by atoms with Gasteiger partial charge in [0.1, 0.15) is 0 Å². The zero-order valence-corrected chi connectivity index (χ0v) is 15.1. The minimum atomic E-state index is -3.46. The summed E-state index contributed by atoms with van der Waals surface area (Å²) in [6, 6.07) is 0. The quantitative estimate of drug-likeness (QED) is 0.589. The van der Waals surface area contributed by atoms with Gasteiger partial charge in [0.05, 0.1) is 18.5 Å². The normalized spacial score (nSPS) is 35.5. The molecule has 1 unspecified atom stereocenters. The molecule has 2 rings (SSSR count). The zero-order valence-electron chi connectivity index (χ0n) is 14.3. The van der Waals surface area contributed by atoms with Crippen LogP contribution in [0.3, 0.4) is 0 Å². The molecule has 0 spiro atoms. The average molecular weight is 328 g/mol. The molecule has 0 bridgehead atoms. The standard InChI is InChI=1S/C17H28O4S/c1-11-7-8-14-12(2)9-13(21-22(6,18)19)10-17(3,4)15(14)16(11)20-5/h7,13-16H,2,8-10H2,1,3-6H3/t13?,14-,15-,16-/m0/s1. The van der Waals surface area contributed by atoms with Gasteiger partial charge in [-0.25, -0.2) is 0 Å². The Bertz CT molecular complexity index is 573. The summed E-state index contributed by atoms with van der Waals surface area (Å²) in [5.74, 6) is 0.611. The van der Waals surface area contributed by atoms with Crippen LogP contribution in [0.4, 0.5) is 0 Å². The second-order valence-corrected chi connectivity index (χ2v) is 9.05. The molecule has 0 aromatic rings. The lowest BCUT2D eigenvalue weighted by Gasteiger charge is -2.45. The Kier molecular flexibility index (Phi) is 4.91. The van der Waals surface area contributed by atoms with E-state index in [2.05, 4.69) is 33.4 Å². The molecule has 0 heterocycles. The van der Waals surface area contributed by atoms with Crippen molar-refractivity contribution in [1.29, 1.82) is 0 Å². The third kappa shape index (κ3) is 3.63. The average Bonchev–Trinajstić information content (AvgIpc) is 2.43. The summed E-state index contributed by atoms with van der Waals surface area (Å²) in [5, 5.41) is 0. The van der Waals surface area contributed by atoms with Gasteiger partial charge in [0.25, 0.3) is 10.1 Å². The summed E-state index contributed by atoms with van der Waals surface area (Å²) in [6.45, 7) is 10.7. The number of ether oxygens (including phenoxy) is 1.